The number of carbonyl (C=O) groups is 2. The van der Waals surface area contributed by atoms with E-state index in [9.17, 15) is 9.59 Å². The van der Waals surface area contributed by atoms with Gasteiger partial charge >= 0.3 is 0 Å². The monoisotopic (exact) mass is 372 g/mol. The van der Waals surface area contributed by atoms with Crippen LogP contribution in [0.25, 0.3) is 6.08 Å². The van der Waals surface area contributed by atoms with Crippen molar-refractivity contribution in [3.63, 3.8) is 0 Å². The van der Waals surface area contributed by atoms with Crippen LogP contribution in [0.15, 0.2) is 29.2 Å². The van der Waals surface area contributed by atoms with Crippen LogP contribution in [0.1, 0.15) is 51.5 Å². The average molecular weight is 373 g/mol. The van der Waals surface area contributed by atoms with E-state index < -0.39 is 0 Å². The fourth-order valence-corrected chi connectivity index (χ4v) is 4.66. The number of amides is 2. The molecule has 2 aliphatic rings. The minimum atomic E-state index is -0.126. The third-order valence-electron chi connectivity index (χ3n) is 5.36. The summed E-state index contributed by atoms with van der Waals surface area (Å²) in [6.07, 6.45) is 7.83. The molecule has 1 saturated carbocycles. The zero-order valence-electron chi connectivity index (χ0n) is 15.7. The van der Waals surface area contributed by atoms with E-state index in [0.717, 1.165) is 43.3 Å². The minimum Gasteiger partial charge on any atom is -0.372 e. The lowest BCUT2D eigenvalue weighted by Crippen LogP contribution is -2.34. The first kappa shape index (κ1) is 19.0. The maximum atomic E-state index is 12.7. The molecule has 1 saturated heterocycles. The summed E-state index contributed by atoms with van der Waals surface area (Å²) in [7, 11) is 0. The molecule has 0 bridgehead atoms. The summed E-state index contributed by atoms with van der Waals surface area (Å²) in [5, 5.41) is -0.119. The molecule has 4 nitrogen and oxygen atoms in total. The van der Waals surface area contributed by atoms with E-state index >= 15 is 0 Å². The van der Waals surface area contributed by atoms with Crippen molar-refractivity contribution in [2.24, 2.45) is 5.92 Å². The maximum Gasteiger partial charge on any atom is 0.293 e. The number of benzene rings is 1. The number of nitrogens with zero attached hydrogens (tertiary/aromatic N) is 2. The highest BCUT2D eigenvalue weighted by molar-refractivity contribution is 8.18. The van der Waals surface area contributed by atoms with Crippen molar-refractivity contribution in [1.82, 2.24) is 4.90 Å². The van der Waals surface area contributed by atoms with Gasteiger partial charge in [0.25, 0.3) is 11.1 Å². The maximum absolute atomic E-state index is 12.7. The van der Waals surface area contributed by atoms with Crippen LogP contribution < -0.4 is 4.90 Å². The van der Waals surface area contributed by atoms with E-state index in [4.69, 9.17) is 0 Å². The normalized spacial score (nSPS) is 20.2. The van der Waals surface area contributed by atoms with E-state index in [2.05, 4.69) is 30.9 Å². The molecule has 1 aromatic rings. The van der Waals surface area contributed by atoms with Gasteiger partial charge in [0.2, 0.25) is 0 Å². The number of carbonyl (C=O) groups excluding carboxylic acids is 2. The van der Waals surface area contributed by atoms with Crippen LogP contribution in [0, 0.1) is 5.92 Å². The molecule has 140 valence electrons. The summed E-state index contributed by atoms with van der Waals surface area (Å²) in [5.41, 5.74) is 2.14. The summed E-state index contributed by atoms with van der Waals surface area (Å²) < 4.78 is 0. The van der Waals surface area contributed by atoms with Crippen LogP contribution in [0.4, 0.5) is 10.5 Å². The zero-order valence-corrected chi connectivity index (χ0v) is 16.6. The van der Waals surface area contributed by atoms with Crippen LogP contribution in [0.2, 0.25) is 0 Å². The predicted octanol–water partition coefficient (Wildman–Crippen LogP) is 5.15. The molecule has 1 aliphatic heterocycles. The number of rotatable bonds is 6. The lowest BCUT2D eigenvalue weighted by atomic mass is 9.89. The highest BCUT2D eigenvalue weighted by Gasteiger charge is 2.36. The van der Waals surface area contributed by atoms with E-state index in [1.165, 1.54) is 29.8 Å². The Morgan fingerprint density at radius 1 is 1.08 bits per heavy atom. The van der Waals surface area contributed by atoms with Gasteiger partial charge in [0.05, 0.1) is 4.91 Å². The summed E-state index contributed by atoms with van der Waals surface area (Å²) in [4.78, 5) is 29.2. The summed E-state index contributed by atoms with van der Waals surface area (Å²) >= 11 is 1.07. The van der Waals surface area contributed by atoms with Crippen molar-refractivity contribution >= 4 is 34.7 Å². The molecule has 2 amide bonds. The van der Waals surface area contributed by atoms with Gasteiger partial charge in [-0.25, -0.2) is 0 Å². The smallest absolute Gasteiger partial charge is 0.293 e. The van der Waals surface area contributed by atoms with Crippen molar-refractivity contribution in [2.45, 2.75) is 46.0 Å². The molecular weight excluding hydrogens is 344 g/mol. The largest absolute Gasteiger partial charge is 0.372 e. The molecule has 0 aromatic heterocycles. The standard InChI is InChI=1S/C21H28N2O2S/c1-3-22(4-2)18-12-10-16(11-13-18)14-19-20(24)23(21(25)26-19)15-17-8-6-5-7-9-17/h10-14,17H,3-9,15H2,1-2H3/b19-14+. The molecule has 3 rings (SSSR count). The van der Waals surface area contributed by atoms with Crippen LogP contribution in [-0.2, 0) is 4.79 Å². The van der Waals surface area contributed by atoms with Crippen molar-refractivity contribution in [2.75, 3.05) is 24.5 Å². The third-order valence-corrected chi connectivity index (χ3v) is 6.27. The minimum absolute atomic E-state index is 0.119. The number of anilines is 1. The molecule has 1 aromatic carbocycles. The van der Waals surface area contributed by atoms with E-state index in [-0.39, 0.29) is 11.1 Å². The fraction of sp³-hybridized carbons (Fsp3) is 0.524. The highest BCUT2D eigenvalue weighted by Crippen LogP contribution is 2.35. The van der Waals surface area contributed by atoms with Crippen molar-refractivity contribution < 1.29 is 9.59 Å². The Morgan fingerprint density at radius 3 is 2.35 bits per heavy atom. The molecule has 2 fully saturated rings. The molecule has 0 N–H and O–H groups in total. The van der Waals surface area contributed by atoms with Gasteiger partial charge in [-0.05, 0) is 68.1 Å². The van der Waals surface area contributed by atoms with Crippen LogP contribution >= 0.6 is 11.8 Å². The first-order valence-corrected chi connectivity index (χ1v) is 10.5. The van der Waals surface area contributed by atoms with Crippen LogP contribution in [0.5, 0.6) is 0 Å². The van der Waals surface area contributed by atoms with Gasteiger partial charge in [-0.15, -0.1) is 0 Å². The number of hydrogen-bond acceptors (Lipinski definition) is 4. The number of hydrogen-bond donors (Lipinski definition) is 0. The molecular formula is C21H28N2O2S. The Balaban J connectivity index is 1.69. The van der Waals surface area contributed by atoms with Gasteiger partial charge in [0, 0.05) is 25.3 Å². The van der Waals surface area contributed by atoms with Crippen molar-refractivity contribution in [3.8, 4) is 0 Å². The zero-order chi connectivity index (χ0) is 18.5. The topological polar surface area (TPSA) is 40.6 Å². The predicted molar refractivity (Wildman–Crippen MR) is 109 cm³/mol. The Hall–Kier alpha value is -1.75. The Morgan fingerprint density at radius 2 is 1.73 bits per heavy atom. The molecule has 26 heavy (non-hydrogen) atoms. The molecule has 0 unspecified atom stereocenters. The first-order valence-electron chi connectivity index (χ1n) is 9.72. The SMILES string of the molecule is CCN(CC)c1ccc(/C=C2/SC(=O)N(CC3CCCCC3)C2=O)cc1. The fourth-order valence-electron chi connectivity index (χ4n) is 3.81. The number of imide groups is 1. The second kappa shape index (κ2) is 8.76. The van der Waals surface area contributed by atoms with E-state index in [1.54, 1.807) is 0 Å². The summed E-state index contributed by atoms with van der Waals surface area (Å²) in [5.74, 6) is 0.350. The molecule has 0 radical (unpaired) electrons. The van der Waals surface area contributed by atoms with Gasteiger partial charge in [-0.1, -0.05) is 31.4 Å². The average Bonchev–Trinajstić information content (AvgIpc) is 2.92. The quantitative estimate of drug-likeness (QED) is 0.648. The number of thioether (sulfide) groups is 1. The summed E-state index contributed by atoms with van der Waals surface area (Å²) in [6.45, 7) is 6.80. The van der Waals surface area contributed by atoms with E-state index in [1.807, 2.05) is 18.2 Å². The van der Waals surface area contributed by atoms with Crippen LogP contribution in [-0.4, -0.2) is 35.7 Å². The first-order chi connectivity index (χ1) is 12.6. The molecule has 1 aliphatic carbocycles. The Labute approximate surface area is 160 Å². The molecule has 5 heteroatoms. The van der Waals surface area contributed by atoms with Crippen LogP contribution in [0.3, 0.4) is 0 Å². The molecule has 1 heterocycles. The van der Waals surface area contributed by atoms with E-state index in [0.29, 0.717) is 17.4 Å². The third kappa shape index (κ3) is 4.32. The lowest BCUT2D eigenvalue weighted by Gasteiger charge is -2.25. The second-order valence-corrected chi connectivity index (χ2v) is 8.05. The van der Waals surface area contributed by atoms with Gasteiger partial charge in [0.15, 0.2) is 0 Å². The lowest BCUT2D eigenvalue weighted by molar-refractivity contribution is -0.123. The van der Waals surface area contributed by atoms with Gasteiger partial charge in [-0.2, -0.15) is 0 Å². The Bertz CT molecular complexity index is 674. The molecule has 0 spiro atoms. The Kier molecular flexibility index (Phi) is 6.41. The second-order valence-electron chi connectivity index (χ2n) is 7.06. The van der Waals surface area contributed by atoms with Gasteiger partial charge < -0.3 is 4.90 Å². The van der Waals surface area contributed by atoms with Gasteiger partial charge in [-0.3, -0.25) is 14.5 Å². The summed E-state index contributed by atoms with van der Waals surface area (Å²) in [6, 6.07) is 8.18. The highest BCUT2D eigenvalue weighted by atomic mass is 32.2. The van der Waals surface area contributed by atoms with Crippen molar-refractivity contribution in [3.05, 3.63) is 34.7 Å². The van der Waals surface area contributed by atoms with Crippen molar-refractivity contribution in [1.29, 1.82) is 0 Å². The molecule has 0 atom stereocenters. The van der Waals surface area contributed by atoms with Gasteiger partial charge in [0.1, 0.15) is 0 Å².